The molecule has 0 bridgehead atoms. The zero-order valence-corrected chi connectivity index (χ0v) is 16.2. The Morgan fingerprint density at radius 1 is 0.963 bits per heavy atom. The van der Waals surface area contributed by atoms with Crippen molar-refractivity contribution in [3.05, 3.63) is 65.7 Å². The summed E-state index contributed by atoms with van der Waals surface area (Å²) >= 11 is 0. The van der Waals surface area contributed by atoms with Crippen LogP contribution >= 0.6 is 0 Å². The van der Waals surface area contributed by atoms with Crippen molar-refractivity contribution in [1.29, 1.82) is 0 Å². The molecule has 1 aliphatic rings. The molecule has 0 saturated carbocycles. The zero-order chi connectivity index (χ0) is 19.1. The number of anilines is 1. The second-order valence-electron chi connectivity index (χ2n) is 7.03. The van der Waals surface area contributed by atoms with Crippen molar-refractivity contribution < 1.29 is 4.79 Å². The molecule has 5 heteroatoms. The summed E-state index contributed by atoms with van der Waals surface area (Å²) in [7, 11) is 0. The van der Waals surface area contributed by atoms with Crippen molar-refractivity contribution in [3.63, 3.8) is 0 Å². The molecule has 1 heterocycles. The topological polar surface area (TPSA) is 52.8 Å². The lowest BCUT2D eigenvalue weighted by Gasteiger charge is -2.34. The fraction of sp³-hybridized carbons (Fsp3) is 0.409. The van der Waals surface area contributed by atoms with Gasteiger partial charge in [0.2, 0.25) is 5.91 Å². The monoisotopic (exact) mass is 366 g/mol. The molecule has 0 radical (unpaired) electrons. The minimum absolute atomic E-state index is 0.0528. The van der Waals surface area contributed by atoms with Crippen LogP contribution in [-0.2, 0) is 17.9 Å². The second kappa shape index (κ2) is 9.53. The lowest BCUT2D eigenvalue weighted by Crippen LogP contribution is -2.49. The van der Waals surface area contributed by atoms with Crippen molar-refractivity contribution in [2.45, 2.75) is 20.0 Å². The van der Waals surface area contributed by atoms with Crippen LogP contribution in [0, 0.1) is 0 Å². The van der Waals surface area contributed by atoms with Gasteiger partial charge in [0.25, 0.3) is 0 Å². The van der Waals surface area contributed by atoms with E-state index in [1.807, 2.05) is 4.90 Å². The van der Waals surface area contributed by atoms with Crippen LogP contribution in [0.2, 0.25) is 0 Å². The van der Waals surface area contributed by atoms with Crippen LogP contribution in [0.4, 0.5) is 5.69 Å². The summed E-state index contributed by atoms with van der Waals surface area (Å²) in [5.41, 5.74) is 9.34. The Labute approximate surface area is 162 Å². The van der Waals surface area contributed by atoms with E-state index in [2.05, 4.69) is 71.3 Å². The molecule has 27 heavy (non-hydrogen) atoms. The Morgan fingerprint density at radius 2 is 1.63 bits per heavy atom. The predicted molar refractivity (Wildman–Crippen MR) is 111 cm³/mol. The number of benzene rings is 2. The van der Waals surface area contributed by atoms with E-state index < -0.39 is 0 Å². The molecule has 0 atom stereocenters. The standard InChI is InChI=1S/C22H30N4O/c1-2-25(18-19-6-4-3-5-7-19)21-10-8-20(9-11-21)17-24-12-14-26(15-13-24)22(27)16-23/h3-11H,2,12-18,23H2,1H3. The summed E-state index contributed by atoms with van der Waals surface area (Å²) in [5.74, 6) is 0.0528. The highest BCUT2D eigenvalue weighted by Gasteiger charge is 2.20. The third-order valence-electron chi connectivity index (χ3n) is 5.21. The van der Waals surface area contributed by atoms with Crippen LogP contribution < -0.4 is 10.6 Å². The van der Waals surface area contributed by atoms with Gasteiger partial charge >= 0.3 is 0 Å². The van der Waals surface area contributed by atoms with Crippen LogP contribution in [-0.4, -0.2) is 55.0 Å². The van der Waals surface area contributed by atoms with E-state index in [4.69, 9.17) is 5.73 Å². The third kappa shape index (κ3) is 5.31. The van der Waals surface area contributed by atoms with Gasteiger partial charge in [0.05, 0.1) is 6.54 Å². The van der Waals surface area contributed by atoms with Crippen molar-refractivity contribution in [2.75, 3.05) is 44.2 Å². The lowest BCUT2D eigenvalue weighted by molar-refractivity contribution is -0.131. The maximum Gasteiger partial charge on any atom is 0.236 e. The van der Waals surface area contributed by atoms with E-state index in [1.54, 1.807) is 0 Å². The molecule has 1 fully saturated rings. The van der Waals surface area contributed by atoms with E-state index in [9.17, 15) is 4.79 Å². The van der Waals surface area contributed by atoms with Crippen LogP contribution in [0.1, 0.15) is 18.1 Å². The molecule has 2 aromatic carbocycles. The minimum atomic E-state index is 0.0528. The van der Waals surface area contributed by atoms with Crippen LogP contribution in [0.5, 0.6) is 0 Å². The van der Waals surface area contributed by atoms with E-state index in [1.165, 1.54) is 16.8 Å². The van der Waals surface area contributed by atoms with Crippen molar-refractivity contribution in [1.82, 2.24) is 9.80 Å². The Bertz CT molecular complexity index is 709. The first-order valence-corrected chi connectivity index (χ1v) is 9.77. The van der Waals surface area contributed by atoms with Crippen LogP contribution in [0.15, 0.2) is 54.6 Å². The number of hydrogen-bond acceptors (Lipinski definition) is 4. The molecule has 0 aliphatic carbocycles. The second-order valence-corrected chi connectivity index (χ2v) is 7.03. The molecule has 5 nitrogen and oxygen atoms in total. The van der Waals surface area contributed by atoms with Crippen molar-refractivity contribution in [2.24, 2.45) is 5.73 Å². The smallest absolute Gasteiger partial charge is 0.236 e. The Balaban J connectivity index is 1.55. The molecular formula is C22H30N4O. The molecule has 1 amide bonds. The van der Waals surface area contributed by atoms with Crippen LogP contribution in [0.3, 0.4) is 0 Å². The quantitative estimate of drug-likeness (QED) is 0.817. The van der Waals surface area contributed by atoms with Gasteiger partial charge in [-0.2, -0.15) is 0 Å². The predicted octanol–water partition coefficient (Wildman–Crippen LogP) is 2.32. The molecule has 0 spiro atoms. The van der Waals surface area contributed by atoms with Crippen molar-refractivity contribution >= 4 is 11.6 Å². The summed E-state index contributed by atoms with van der Waals surface area (Å²) in [6, 6.07) is 19.5. The third-order valence-corrected chi connectivity index (χ3v) is 5.21. The van der Waals surface area contributed by atoms with E-state index in [0.29, 0.717) is 0 Å². The summed E-state index contributed by atoms with van der Waals surface area (Å²) < 4.78 is 0. The number of nitrogens with two attached hydrogens (primary N) is 1. The number of hydrogen-bond donors (Lipinski definition) is 1. The van der Waals surface area contributed by atoms with E-state index in [-0.39, 0.29) is 12.5 Å². The maximum absolute atomic E-state index is 11.7. The average Bonchev–Trinajstić information content (AvgIpc) is 2.73. The fourth-order valence-corrected chi connectivity index (χ4v) is 3.54. The number of rotatable bonds is 7. The molecule has 1 saturated heterocycles. The molecule has 0 unspecified atom stereocenters. The maximum atomic E-state index is 11.7. The fourth-order valence-electron chi connectivity index (χ4n) is 3.54. The molecule has 0 aromatic heterocycles. The van der Waals surface area contributed by atoms with Crippen molar-refractivity contribution in [3.8, 4) is 0 Å². The molecule has 2 aromatic rings. The van der Waals surface area contributed by atoms with Gasteiger partial charge in [-0.3, -0.25) is 9.69 Å². The highest BCUT2D eigenvalue weighted by Crippen LogP contribution is 2.19. The summed E-state index contributed by atoms with van der Waals surface area (Å²) in [5, 5.41) is 0. The van der Waals surface area contributed by atoms with Gasteiger partial charge in [-0.05, 0) is 30.2 Å². The largest absolute Gasteiger partial charge is 0.367 e. The van der Waals surface area contributed by atoms with Gasteiger partial charge in [0, 0.05) is 51.5 Å². The Morgan fingerprint density at radius 3 is 2.22 bits per heavy atom. The van der Waals surface area contributed by atoms with Gasteiger partial charge in [-0.15, -0.1) is 0 Å². The lowest BCUT2D eigenvalue weighted by atomic mass is 10.1. The van der Waals surface area contributed by atoms with Gasteiger partial charge in [-0.25, -0.2) is 0 Å². The number of piperazine rings is 1. The summed E-state index contributed by atoms with van der Waals surface area (Å²) in [6.07, 6.45) is 0. The molecule has 144 valence electrons. The van der Waals surface area contributed by atoms with E-state index in [0.717, 1.165) is 45.8 Å². The molecule has 3 rings (SSSR count). The van der Waals surface area contributed by atoms with Crippen LogP contribution in [0.25, 0.3) is 0 Å². The highest BCUT2D eigenvalue weighted by atomic mass is 16.2. The first kappa shape index (κ1) is 19.4. The molecular weight excluding hydrogens is 336 g/mol. The Kier molecular flexibility index (Phi) is 6.85. The van der Waals surface area contributed by atoms with Gasteiger partial charge in [0.15, 0.2) is 0 Å². The van der Waals surface area contributed by atoms with Gasteiger partial charge < -0.3 is 15.5 Å². The first-order chi connectivity index (χ1) is 13.2. The number of carbonyl (C=O) groups excluding carboxylic acids is 1. The SMILES string of the molecule is CCN(Cc1ccccc1)c1ccc(CN2CCN(C(=O)CN)CC2)cc1. The number of amides is 1. The van der Waals surface area contributed by atoms with E-state index >= 15 is 0 Å². The minimum Gasteiger partial charge on any atom is -0.367 e. The highest BCUT2D eigenvalue weighted by molar-refractivity contribution is 5.78. The number of nitrogens with zero attached hydrogens (tertiary/aromatic N) is 3. The average molecular weight is 367 g/mol. The summed E-state index contributed by atoms with van der Waals surface area (Å²) in [4.78, 5) is 18.3. The van der Waals surface area contributed by atoms with Gasteiger partial charge in [0.1, 0.15) is 0 Å². The molecule has 2 N–H and O–H groups in total. The first-order valence-electron chi connectivity index (χ1n) is 9.77. The normalized spacial score (nSPS) is 15.0. The molecule has 1 aliphatic heterocycles. The van der Waals surface area contributed by atoms with Gasteiger partial charge in [-0.1, -0.05) is 42.5 Å². The summed E-state index contributed by atoms with van der Waals surface area (Å²) in [6.45, 7) is 8.49. The Hall–Kier alpha value is -2.37. The number of carbonyl (C=O) groups is 1. The zero-order valence-electron chi connectivity index (χ0n) is 16.2.